The Morgan fingerprint density at radius 3 is 2.75 bits per heavy atom. The Labute approximate surface area is 141 Å². The molecule has 124 valence electrons. The van der Waals surface area contributed by atoms with Gasteiger partial charge in [0.25, 0.3) is 0 Å². The number of nitrogens with two attached hydrogens (primary N) is 1. The van der Waals surface area contributed by atoms with Crippen molar-refractivity contribution >= 4 is 18.8 Å². The fraction of sp³-hybridized carbons (Fsp3) is 0.118. The zero-order valence-corrected chi connectivity index (χ0v) is 13.5. The lowest BCUT2D eigenvalue weighted by Gasteiger charge is -2.05. The molecule has 0 aliphatic heterocycles. The van der Waals surface area contributed by atoms with Gasteiger partial charge >= 0.3 is 0 Å². The van der Waals surface area contributed by atoms with Crippen molar-refractivity contribution < 1.29 is 4.74 Å². The van der Waals surface area contributed by atoms with E-state index in [0.717, 1.165) is 11.1 Å². The minimum absolute atomic E-state index is 0.336. The molecule has 0 aromatic heterocycles. The van der Waals surface area contributed by atoms with Crippen LogP contribution in [0, 0.1) is 0 Å². The van der Waals surface area contributed by atoms with Crippen molar-refractivity contribution in [3.05, 3.63) is 71.8 Å². The Bertz CT molecular complexity index is 672. The van der Waals surface area contributed by atoms with Gasteiger partial charge in [0.15, 0.2) is 0 Å². The summed E-state index contributed by atoms with van der Waals surface area (Å²) in [7, 11) is 0. The summed E-state index contributed by atoms with van der Waals surface area (Å²) in [5.74, 6) is 5.30. The lowest BCUT2D eigenvalue weighted by atomic mass is 10.2. The molecule has 7 nitrogen and oxygen atoms in total. The largest absolute Gasteiger partial charge is 0.472 e. The number of ether oxygens (including phenoxy) is 1. The van der Waals surface area contributed by atoms with Gasteiger partial charge in [-0.15, -0.1) is 10.2 Å². The first kappa shape index (κ1) is 18.7. The molecule has 0 spiro atoms. The molecule has 0 bridgehead atoms. The molecule has 0 unspecified atom stereocenters. The first-order valence-corrected chi connectivity index (χ1v) is 7.16. The van der Waals surface area contributed by atoms with Gasteiger partial charge in [0.05, 0.1) is 6.21 Å². The SMILES string of the molecule is C=N/N=C(\OC/C=C/C=C(\C=C/C)/C=N/N=N\N)c1ccccc1. The summed E-state index contributed by atoms with van der Waals surface area (Å²) in [5.41, 5.74) is 1.67. The van der Waals surface area contributed by atoms with Crippen LogP contribution in [0.25, 0.3) is 0 Å². The molecule has 0 aliphatic rings. The zero-order chi connectivity index (χ0) is 17.5. The van der Waals surface area contributed by atoms with E-state index in [4.69, 9.17) is 10.6 Å². The third-order valence-corrected chi connectivity index (χ3v) is 2.59. The van der Waals surface area contributed by atoms with Crippen molar-refractivity contribution in [1.29, 1.82) is 0 Å². The predicted octanol–water partition coefficient (Wildman–Crippen LogP) is 3.44. The molecule has 1 aromatic carbocycles. The molecule has 0 atom stereocenters. The summed E-state index contributed by atoms with van der Waals surface area (Å²) in [6.45, 7) is 5.60. The van der Waals surface area contributed by atoms with Gasteiger partial charge in [0.1, 0.15) is 6.61 Å². The monoisotopic (exact) mass is 324 g/mol. The standard InChI is InChI=1S/C17H20N6O/c1-3-9-15(14-20-23-22-18)10-7-8-13-24-17(21-19-2)16-11-5-4-6-12-16/h3-12,14H,2,13H2,1H3,(H2,18,23)/b8-7+,9-3-,15-10+,20-14+,21-17-. The molecule has 0 saturated carbocycles. The van der Waals surface area contributed by atoms with Gasteiger partial charge in [-0.1, -0.05) is 47.7 Å². The summed E-state index contributed by atoms with van der Waals surface area (Å²) < 4.78 is 5.61. The third-order valence-electron chi connectivity index (χ3n) is 2.59. The molecule has 2 N–H and O–H groups in total. The minimum Gasteiger partial charge on any atom is -0.472 e. The van der Waals surface area contributed by atoms with Crippen LogP contribution in [-0.4, -0.2) is 25.4 Å². The van der Waals surface area contributed by atoms with Crippen LogP contribution in [0.1, 0.15) is 12.5 Å². The molecule has 1 aromatic rings. The van der Waals surface area contributed by atoms with E-state index >= 15 is 0 Å². The molecular formula is C17H20N6O. The minimum atomic E-state index is 0.336. The molecule has 0 fully saturated rings. The molecule has 0 aliphatic carbocycles. The van der Waals surface area contributed by atoms with E-state index in [1.54, 1.807) is 6.21 Å². The van der Waals surface area contributed by atoms with Crippen molar-refractivity contribution in [2.75, 3.05) is 6.61 Å². The van der Waals surface area contributed by atoms with Crippen LogP contribution in [0.15, 0.2) is 92.0 Å². The van der Waals surface area contributed by atoms with Crippen LogP contribution >= 0.6 is 0 Å². The molecule has 1 rings (SSSR count). The van der Waals surface area contributed by atoms with Crippen LogP contribution in [0.4, 0.5) is 0 Å². The predicted molar refractivity (Wildman–Crippen MR) is 98.1 cm³/mol. The fourth-order valence-corrected chi connectivity index (χ4v) is 1.63. The number of hydrogen-bond donors (Lipinski definition) is 1. The molecule has 0 heterocycles. The Hall–Kier alpha value is -3.35. The van der Waals surface area contributed by atoms with E-state index in [-0.39, 0.29) is 0 Å². The zero-order valence-electron chi connectivity index (χ0n) is 13.5. The van der Waals surface area contributed by atoms with Crippen molar-refractivity contribution in [3.63, 3.8) is 0 Å². The third kappa shape index (κ3) is 7.60. The van der Waals surface area contributed by atoms with E-state index in [9.17, 15) is 0 Å². The highest BCUT2D eigenvalue weighted by Gasteiger charge is 2.02. The fourth-order valence-electron chi connectivity index (χ4n) is 1.63. The van der Waals surface area contributed by atoms with E-state index in [0.29, 0.717) is 12.5 Å². The number of nitrogens with zero attached hydrogens (tertiary/aromatic N) is 5. The number of benzene rings is 1. The summed E-state index contributed by atoms with van der Waals surface area (Å²) in [6, 6.07) is 9.50. The van der Waals surface area contributed by atoms with Gasteiger partial charge in [-0.3, -0.25) is 0 Å². The highest BCUT2D eigenvalue weighted by Crippen LogP contribution is 2.03. The molecule has 0 radical (unpaired) electrons. The van der Waals surface area contributed by atoms with Crippen molar-refractivity contribution in [3.8, 4) is 0 Å². The number of rotatable bonds is 8. The quantitative estimate of drug-likeness (QED) is 0.198. The summed E-state index contributed by atoms with van der Waals surface area (Å²) >= 11 is 0. The van der Waals surface area contributed by atoms with Crippen LogP contribution in [0.5, 0.6) is 0 Å². The van der Waals surface area contributed by atoms with Gasteiger partial charge in [0, 0.05) is 12.3 Å². The maximum absolute atomic E-state index is 5.61. The lowest BCUT2D eigenvalue weighted by molar-refractivity contribution is 0.350. The average Bonchev–Trinajstić information content (AvgIpc) is 2.61. The van der Waals surface area contributed by atoms with Crippen LogP contribution in [-0.2, 0) is 4.74 Å². The van der Waals surface area contributed by atoms with Gasteiger partial charge in [-0.2, -0.15) is 5.10 Å². The van der Waals surface area contributed by atoms with Crippen molar-refractivity contribution in [1.82, 2.24) is 0 Å². The smallest absolute Gasteiger partial charge is 0.240 e. The molecular weight excluding hydrogens is 304 g/mol. The Morgan fingerprint density at radius 1 is 1.29 bits per heavy atom. The van der Waals surface area contributed by atoms with Crippen molar-refractivity contribution in [2.45, 2.75) is 6.92 Å². The Balaban J connectivity index is 2.66. The average molecular weight is 324 g/mol. The number of hydrogen-bond acceptors (Lipinski definition) is 5. The highest BCUT2D eigenvalue weighted by atomic mass is 16.5. The molecule has 7 heteroatoms. The lowest BCUT2D eigenvalue weighted by Crippen LogP contribution is -2.06. The first-order chi connectivity index (χ1) is 11.8. The molecule has 24 heavy (non-hydrogen) atoms. The summed E-state index contributed by atoms with van der Waals surface area (Å²) in [6.07, 6.45) is 10.8. The Kier molecular flexibility index (Phi) is 9.52. The van der Waals surface area contributed by atoms with Gasteiger partial charge < -0.3 is 10.6 Å². The Morgan fingerprint density at radius 2 is 2.08 bits per heavy atom. The molecule has 0 amide bonds. The second kappa shape index (κ2) is 12.2. The first-order valence-electron chi connectivity index (χ1n) is 7.16. The molecule has 0 saturated heterocycles. The maximum atomic E-state index is 5.61. The van der Waals surface area contributed by atoms with Gasteiger partial charge in [-0.25, -0.2) is 0 Å². The second-order valence-electron chi connectivity index (χ2n) is 4.27. The van der Waals surface area contributed by atoms with E-state index in [1.165, 1.54) is 0 Å². The summed E-state index contributed by atoms with van der Waals surface area (Å²) in [4.78, 5) is 0. The van der Waals surface area contributed by atoms with Crippen LogP contribution in [0.3, 0.4) is 0 Å². The van der Waals surface area contributed by atoms with Crippen molar-refractivity contribution in [2.24, 2.45) is 31.6 Å². The van der Waals surface area contributed by atoms with Crippen LogP contribution in [0.2, 0.25) is 0 Å². The normalized spacial score (nSPS) is 13.5. The second-order valence-corrected chi connectivity index (χ2v) is 4.27. The topological polar surface area (TPSA) is 97.0 Å². The van der Waals surface area contributed by atoms with Crippen LogP contribution < -0.4 is 5.84 Å². The maximum Gasteiger partial charge on any atom is 0.240 e. The number of allylic oxidation sites excluding steroid dienone is 5. The highest BCUT2D eigenvalue weighted by molar-refractivity contribution is 5.94. The van der Waals surface area contributed by atoms with E-state index < -0.39 is 0 Å². The van der Waals surface area contributed by atoms with Gasteiger partial charge in [0.2, 0.25) is 5.90 Å². The van der Waals surface area contributed by atoms with E-state index in [2.05, 4.69) is 32.5 Å². The van der Waals surface area contributed by atoms with Gasteiger partial charge in [-0.05, 0) is 35.9 Å². The van der Waals surface area contributed by atoms with E-state index in [1.807, 2.05) is 67.6 Å². The summed E-state index contributed by atoms with van der Waals surface area (Å²) in [5, 5.41) is 17.5.